The summed E-state index contributed by atoms with van der Waals surface area (Å²) in [6.45, 7) is 7.07. The molecule has 0 aliphatic rings. The Bertz CT molecular complexity index is 279. The zero-order valence-electron chi connectivity index (χ0n) is 9.86. The van der Waals surface area contributed by atoms with Gasteiger partial charge >= 0.3 is 0 Å². The van der Waals surface area contributed by atoms with Gasteiger partial charge in [0.15, 0.2) is 0 Å². The minimum Gasteiger partial charge on any atom is -0.494 e. The van der Waals surface area contributed by atoms with Gasteiger partial charge in [0.25, 0.3) is 0 Å². The van der Waals surface area contributed by atoms with Crippen molar-refractivity contribution < 1.29 is 4.74 Å². The summed E-state index contributed by atoms with van der Waals surface area (Å²) in [5.41, 5.74) is 7.27. The van der Waals surface area contributed by atoms with Crippen LogP contribution in [0.3, 0.4) is 0 Å². The fourth-order valence-electron chi connectivity index (χ4n) is 1.62. The fourth-order valence-corrected chi connectivity index (χ4v) is 1.62. The molecule has 1 aromatic carbocycles. The first-order valence-electron chi connectivity index (χ1n) is 5.61. The average Bonchev–Trinajstić information content (AvgIpc) is 2.18. The molecule has 0 spiro atoms. The lowest BCUT2D eigenvalue weighted by molar-refractivity contribution is 0.340. The normalized spacial score (nSPS) is 12.9. The average molecular weight is 207 g/mol. The van der Waals surface area contributed by atoms with Crippen LogP contribution < -0.4 is 10.5 Å². The molecule has 2 heteroatoms. The number of nitrogens with two attached hydrogens (primary N) is 1. The maximum absolute atomic E-state index is 6.08. The molecule has 2 nitrogen and oxygen atoms in total. The molecule has 0 aliphatic heterocycles. The van der Waals surface area contributed by atoms with Gasteiger partial charge in [0.1, 0.15) is 5.75 Å². The van der Waals surface area contributed by atoms with Gasteiger partial charge in [-0.1, -0.05) is 26.0 Å². The van der Waals surface area contributed by atoms with Gasteiger partial charge in [-0.3, -0.25) is 0 Å². The Labute approximate surface area is 92.4 Å². The van der Waals surface area contributed by atoms with Crippen molar-refractivity contribution in [2.45, 2.75) is 33.2 Å². The van der Waals surface area contributed by atoms with Crippen LogP contribution in [0.1, 0.15) is 38.8 Å². The molecule has 1 aromatic rings. The van der Waals surface area contributed by atoms with E-state index in [1.54, 1.807) is 0 Å². The van der Waals surface area contributed by atoms with Crippen molar-refractivity contribution in [1.82, 2.24) is 0 Å². The lowest BCUT2D eigenvalue weighted by Gasteiger charge is -2.14. The van der Waals surface area contributed by atoms with Crippen LogP contribution in [0.5, 0.6) is 5.75 Å². The lowest BCUT2D eigenvalue weighted by Crippen LogP contribution is -2.12. The summed E-state index contributed by atoms with van der Waals surface area (Å²) in [5, 5.41) is 0. The Hall–Kier alpha value is -1.02. The van der Waals surface area contributed by atoms with Crippen LogP contribution in [0.25, 0.3) is 0 Å². The van der Waals surface area contributed by atoms with Crippen LogP contribution in [0.15, 0.2) is 24.3 Å². The molecule has 0 aromatic heterocycles. The Morgan fingerprint density at radius 3 is 2.27 bits per heavy atom. The van der Waals surface area contributed by atoms with Crippen molar-refractivity contribution in [3.05, 3.63) is 29.8 Å². The van der Waals surface area contributed by atoms with Gasteiger partial charge in [-0.05, 0) is 37.0 Å². The van der Waals surface area contributed by atoms with E-state index in [1.807, 2.05) is 19.1 Å². The standard InChI is InChI=1S/C13H21NO/c1-4-15-12-7-5-11(6-8-12)13(14)9-10(2)3/h5-8,10,13H,4,9,14H2,1-3H3. The zero-order valence-corrected chi connectivity index (χ0v) is 9.86. The highest BCUT2D eigenvalue weighted by molar-refractivity contribution is 5.29. The van der Waals surface area contributed by atoms with Gasteiger partial charge < -0.3 is 10.5 Å². The molecule has 1 rings (SSSR count). The van der Waals surface area contributed by atoms with Gasteiger partial charge in [0.2, 0.25) is 0 Å². The summed E-state index contributed by atoms with van der Waals surface area (Å²) >= 11 is 0. The van der Waals surface area contributed by atoms with Crippen molar-refractivity contribution in [2.75, 3.05) is 6.61 Å². The second-order valence-electron chi connectivity index (χ2n) is 4.24. The van der Waals surface area contributed by atoms with Crippen molar-refractivity contribution >= 4 is 0 Å². The maximum atomic E-state index is 6.08. The van der Waals surface area contributed by atoms with Crippen LogP contribution >= 0.6 is 0 Å². The third-order valence-electron chi connectivity index (χ3n) is 2.34. The van der Waals surface area contributed by atoms with E-state index in [2.05, 4.69) is 26.0 Å². The number of hydrogen-bond donors (Lipinski definition) is 1. The molecule has 0 aliphatic carbocycles. The van der Waals surface area contributed by atoms with E-state index in [9.17, 15) is 0 Å². The molecule has 0 heterocycles. The van der Waals surface area contributed by atoms with Gasteiger partial charge in [0, 0.05) is 6.04 Å². The first-order valence-corrected chi connectivity index (χ1v) is 5.61. The molecule has 1 unspecified atom stereocenters. The third-order valence-corrected chi connectivity index (χ3v) is 2.34. The molecular formula is C13H21NO. The topological polar surface area (TPSA) is 35.2 Å². The molecule has 0 saturated heterocycles. The molecular weight excluding hydrogens is 186 g/mol. The van der Waals surface area contributed by atoms with Crippen molar-refractivity contribution in [3.63, 3.8) is 0 Å². The minimum atomic E-state index is 0.140. The van der Waals surface area contributed by atoms with Gasteiger partial charge in [0.05, 0.1) is 6.61 Å². The molecule has 0 bridgehead atoms. The second-order valence-corrected chi connectivity index (χ2v) is 4.24. The number of rotatable bonds is 5. The monoisotopic (exact) mass is 207 g/mol. The highest BCUT2D eigenvalue weighted by Gasteiger charge is 2.07. The lowest BCUT2D eigenvalue weighted by atomic mass is 9.98. The second kappa shape index (κ2) is 5.76. The van der Waals surface area contributed by atoms with Crippen molar-refractivity contribution in [2.24, 2.45) is 11.7 Å². The van der Waals surface area contributed by atoms with Gasteiger partial charge in [-0.25, -0.2) is 0 Å². The maximum Gasteiger partial charge on any atom is 0.119 e. The van der Waals surface area contributed by atoms with Crippen molar-refractivity contribution in [1.29, 1.82) is 0 Å². The Kier molecular flexibility index (Phi) is 4.63. The molecule has 2 N–H and O–H groups in total. The summed E-state index contributed by atoms with van der Waals surface area (Å²) < 4.78 is 5.38. The molecule has 0 radical (unpaired) electrons. The van der Waals surface area contributed by atoms with Crippen LogP contribution in [-0.2, 0) is 0 Å². The zero-order chi connectivity index (χ0) is 11.3. The smallest absolute Gasteiger partial charge is 0.119 e. The summed E-state index contributed by atoms with van der Waals surface area (Å²) in [7, 11) is 0. The Balaban J connectivity index is 2.62. The summed E-state index contributed by atoms with van der Waals surface area (Å²) in [6.07, 6.45) is 1.02. The fraction of sp³-hybridized carbons (Fsp3) is 0.538. The third kappa shape index (κ3) is 3.92. The van der Waals surface area contributed by atoms with Gasteiger partial charge in [-0.2, -0.15) is 0 Å². The Morgan fingerprint density at radius 2 is 1.80 bits per heavy atom. The van der Waals surface area contributed by atoms with E-state index in [-0.39, 0.29) is 6.04 Å². The first kappa shape index (κ1) is 12.1. The van der Waals surface area contributed by atoms with Crippen LogP contribution in [0, 0.1) is 5.92 Å². The van der Waals surface area contributed by atoms with E-state index >= 15 is 0 Å². The number of ether oxygens (including phenoxy) is 1. The quantitative estimate of drug-likeness (QED) is 0.805. The van der Waals surface area contributed by atoms with Crippen molar-refractivity contribution in [3.8, 4) is 5.75 Å². The van der Waals surface area contributed by atoms with Crippen LogP contribution in [0.4, 0.5) is 0 Å². The molecule has 84 valence electrons. The molecule has 0 amide bonds. The number of hydrogen-bond acceptors (Lipinski definition) is 2. The molecule has 0 fully saturated rings. The van der Waals surface area contributed by atoms with E-state index in [1.165, 1.54) is 5.56 Å². The predicted molar refractivity (Wildman–Crippen MR) is 64.0 cm³/mol. The van der Waals surface area contributed by atoms with E-state index < -0.39 is 0 Å². The summed E-state index contributed by atoms with van der Waals surface area (Å²) in [4.78, 5) is 0. The van der Waals surface area contributed by atoms with E-state index in [0.717, 1.165) is 12.2 Å². The molecule has 15 heavy (non-hydrogen) atoms. The van der Waals surface area contributed by atoms with Gasteiger partial charge in [-0.15, -0.1) is 0 Å². The van der Waals surface area contributed by atoms with E-state index in [0.29, 0.717) is 12.5 Å². The minimum absolute atomic E-state index is 0.140. The predicted octanol–water partition coefficient (Wildman–Crippen LogP) is 3.13. The molecule has 0 saturated carbocycles. The van der Waals surface area contributed by atoms with Crippen LogP contribution in [0.2, 0.25) is 0 Å². The highest BCUT2D eigenvalue weighted by atomic mass is 16.5. The molecule has 1 atom stereocenters. The summed E-state index contributed by atoms with van der Waals surface area (Å²) in [6, 6.07) is 8.22. The first-order chi connectivity index (χ1) is 7.13. The van der Waals surface area contributed by atoms with Crippen LogP contribution in [-0.4, -0.2) is 6.61 Å². The Morgan fingerprint density at radius 1 is 1.20 bits per heavy atom. The van der Waals surface area contributed by atoms with E-state index in [4.69, 9.17) is 10.5 Å². The number of benzene rings is 1. The highest BCUT2D eigenvalue weighted by Crippen LogP contribution is 2.21. The SMILES string of the molecule is CCOc1ccc(C(N)CC(C)C)cc1. The summed E-state index contributed by atoms with van der Waals surface area (Å²) in [5.74, 6) is 1.55. The largest absolute Gasteiger partial charge is 0.494 e.